The van der Waals surface area contributed by atoms with Crippen LogP contribution in [0.3, 0.4) is 0 Å². The molecule has 0 aromatic rings. The largest absolute Gasteiger partial charge is 0.0888 e. The number of allylic oxidation sites excluding steroid dienone is 2. The molecule has 0 radical (unpaired) electrons. The Morgan fingerprint density at radius 2 is 1.78 bits per heavy atom. The monoisotopic (exact) mass is 126 g/mol. The average Bonchev–Trinajstić information content (AvgIpc) is 1.89. The molecule has 0 aromatic heterocycles. The average molecular weight is 126 g/mol. The third kappa shape index (κ3) is 7.74. The SMILES string of the molecule is CC/C=C/CCCCC. The van der Waals surface area contributed by atoms with Crippen LogP contribution in [0.4, 0.5) is 0 Å². The smallest absolute Gasteiger partial charge is 0.0351 e. The van der Waals surface area contributed by atoms with Crippen LogP contribution in [-0.2, 0) is 0 Å². The predicted octanol–water partition coefficient (Wildman–Crippen LogP) is 3.53. The van der Waals surface area contributed by atoms with Gasteiger partial charge in [0.15, 0.2) is 0 Å². The van der Waals surface area contributed by atoms with E-state index in [1.807, 2.05) is 0 Å². The van der Waals surface area contributed by atoms with Crippen LogP contribution in [0.25, 0.3) is 0 Å². The zero-order chi connectivity index (χ0) is 6.95. The van der Waals surface area contributed by atoms with E-state index < -0.39 is 0 Å². The van der Waals surface area contributed by atoms with Gasteiger partial charge in [-0.2, -0.15) is 0 Å². The summed E-state index contributed by atoms with van der Waals surface area (Å²) >= 11 is 0. The van der Waals surface area contributed by atoms with Crippen LogP contribution in [0.15, 0.2) is 12.2 Å². The van der Waals surface area contributed by atoms with E-state index in [9.17, 15) is 0 Å². The second-order valence-corrected chi connectivity index (χ2v) is 2.38. The predicted molar refractivity (Wildman–Crippen MR) is 43.6 cm³/mol. The summed E-state index contributed by atoms with van der Waals surface area (Å²) in [5, 5.41) is 0. The Hall–Kier alpha value is -0.260. The van der Waals surface area contributed by atoms with Crippen LogP contribution >= 0.6 is 0 Å². The molecular weight excluding hydrogens is 108 g/mol. The summed E-state index contributed by atoms with van der Waals surface area (Å²) in [5.74, 6) is 0. The van der Waals surface area contributed by atoms with Gasteiger partial charge in [0.05, 0.1) is 0 Å². The highest BCUT2D eigenvalue weighted by molar-refractivity contribution is 4.79. The Bertz CT molecular complexity index is 62.4. The molecule has 0 unspecified atom stereocenters. The molecule has 0 atom stereocenters. The van der Waals surface area contributed by atoms with Gasteiger partial charge in [-0.1, -0.05) is 38.8 Å². The first-order chi connectivity index (χ1) is 4.41. The van der Waals surface area contributed by atoms with Crippen molar-refractivity contribution in [2.45, 2.75) is 46.0 Å². The van der Waals surface area contributed by atoms with Gasteiger partial charge >= 0.3 is 0 Å². The molecule has 0 aliphatic rings. The first-order valence-corrected chi connectivity index (χ1v) is 4.06. The van der Waals surface area contributed by atoms with E-state index in [0.29, 0.717) is 0 Å². The molecule has 0 saturated heterocycles. The van der Waals surface area contributed by atoms with Crippen molar-refractivity contribution in [3.05, 3.63) is 12.2 Å². The van der Waals surface area contributed by atoms with Crippen LogP contribution in [0, 0.1) is 0 Å². The standard InChI is InChI=1S/C9H18/c1-3-5-7-9-8-6-4-2/h5,7H,3-4,6,8-9H2,1-2H3/b7-5+. The van der Waals surface area contributed by atoms with Crippen molar-refractivity contribution >= 4 is 0 Å². The summed E-state index contributed by atoms with van der Waals surface area (Å²) in [4.78, 5) is 0. The number of unbranched alkanes of at least 4 members (excludes halogenated alkanes) is 3. The summed E-state index contributed by atoms with van der Waals surface area (Å²) in [6, 6.07) is 0. The lowest BCUT2D eigenvalue weighted by molar-refractivity contribution is 0.728. The van der Waals surface area contributed by atoms with Gasteiger partial charge < -0.3 is 0 Å². The van der Waals surface area contributed by atoms with Gasteiger partial charge in [-0.05, 0) is 19.3 Å². The Labute approximate surface area is 59.0 Å². The van der Waals surface area contributed by atoms with Gasteiger partial charge in [0, 0.05) is 0 Å². The lowest BCUT2D eigenvalue weighted by Crippen LogP contribution is -1.69. The fraction of sp³-hybridized carbons (Fsp3) is 0.778. The molecule has 0 heteroatoms. The molecule has 0 aliphatic carbocycles. The quantitative estimate of drug-likeness (QED) is 0.390. The molecule has 0 amide bonds. The van der Waals surface area contributed by atoms with Gasteiger partial charge in [0.2, 0.25) is 0 Å². The summed E-state index contributed by atoms with van der Waals surface area (Å²) in [7, 11) is 0. The van der Waals surface area contributed by atoms with Crippen LogP contribution in [0.1, 0.15) is 46.0 Å². The van der Waals surface area contributed by atoms with E-state index in [1.165, 1.54) is 32.1 Å². The van der Waals surface area contributed by atoms with Gasteiger partial charge in [-0.3, -0.25) is 0 Å². The number of hydrogen-bond donors (Lipinski definition) is 0. The van der Waals surface area contributed by atoms with E-state index in [0.717, 1.165) is 0 Å². The third-order valence-electron chi connectivity index (χ3n) is 1.38. The molecule has 0 saturated carbocycles. The zero-order valence-corrected chi connectivity index (χ0v) is 6.69. The van der Waals surface area contributed by atoms with Crippen molar-refractivity contribution < 1.29 is 0 Å². The minimum Gasteiger partial charge on any atom is -0.0888 e. The topological polar surface area (TPSA) is 0 Å². The van der Waals surface area contributed by atoms with Gasteiger partial charge in [-0.25, -0.2) is 0 Å². The summed E-state index contributed by atoms with van der Waals surface area (Å²) in [6.07, 6.45) is 11.1. The highest BCUT2D eigenvalue weighted by Crippen LogP contribution is 1.99. The normalized spacial score (nSPS) is 10.9. The molecule has 0 nitrogen and oxygen atoms in total. The number of rotatable bonds is 5. The highest BCUT2D eigenvalue weighted by Gasteiger charge is 1.79. The van der Waals surface area contributed by atoms with Gasteiger partial charge in [-0.15, -0.1) is 0 Å². The third-order valence-corrected chi connectivity index (χ3v) is 1.38. The van der Waals surface area contributed by atoms with Crippen molar-refractivity contribution in [2.24, 2.45) is 0 Å². The molecule has 0 rings (SSSR count). The van der Waals surface area contributed by atoms with E-state index >= 15 is 0 Å². The Morgan fingerprint density at radius 1 is 1.00 bits per heavy atom. The Balaban J connectivity index is 2.82. The molecule has 0 bridgehead atoms. The summed E-state index contributed by atoms with van der Waals surface area (Å²) in [6.45, 7) is 4.42. The van der Waals surface area contributed by atoms with Crippen LogP contribution in [-0.4, -0.2) is 0 Å². The Morgan fingerprint density at radius 3 is 2.33 bits per heavy atom. The summed E-state index contributed by atoms with van der Waals surface area (Å²) < 4.78 is 0. The van der Waals surface area contributed by atoms with Crippen molar-refractivity contribution in [3.63, 3.8) is 0 Å². The highest BCUT2D eigenvalue weighted by atomic mass is 13.9. The van der Waals surface area contributed by atoms with Crippen LogP contribution in [0.2, 0.25) is 0 Å². The van der Waals surface area contributed by atoms with Crippen molar-refractivity contribution in [1.82, 2.24) is 0 Å². The van der Waals surface area contributed by atoms with E-state index in [-0.39, 0.29) is 0 Å². The minimum absolute atomic E-state index is 1.19. The maximum Gasteiger partial charge on any atom is -0.0351 e. The zero-order valence-electron chi connectivity index (χ0n) is 6.69. The molecular formula is C9H18. The fourth-order valence-electron chi connectivity index (χ4n) is 0.797. The van der Waals surface area contributed by atoms with Crippen molar-refractivity contribution in [1.29, 1.82) is 0 Å². The van der Waals surface area contributed by atoms with Crippen molar-refractivity contribution in [3.8, 4) is 0 Å². The first kappa shape index (κ1) is 8.74. The molecule has 0 N–H and O–H groups in total. The molecule has 0 aliphatic heterocycles. The molecule has 0 fully saturated rings. The van der Waals surface area contributed by atoms with Crippen molar-refractivity contribution in [2.75, 3.05) is 0 Å². The van der Waals surface area contributed by atoms with E-state index in [1.54, 1.807) is 0 Å². The van der Waals surface area contributed by atoms with E-state index in [2.05, 4.69) is 26.0 Å². The number of hydrogen-bond acceptors (Lipinski definition) is 0. The first-order valence-electron chi connectivity index (χ1n) is 4.06. The molecule has 0 heterocycles. The van der Waals surface area contributed by atoms with Crippen LogP contribution < -0.4 is 0 Å². The van der Waals surface area contributed by atoms with Crippen LogP contribution in [0.5, 0.6) is 0 Å². The molecule has 9 heavy (non-hydrogen) atoms. The molecule has 0 spiro atoms. The van der Waals surface area contributed by atoms with E-state index in [4.69, 9.17) is 0 Å². The maximum atomic E-state index is 2.29. The van der Waals surface area contributed by atoms with Gasteiger partial charge in [0.1, 0.15) is 0 Å². The maximum absolute atomic E-state index is 2.29. The fourth-order valence-corrected chi connectivity index (χ4v) is 0.797. The molecule has 54 valence electrons. The van der Waals surface area contributed by atoms with Gasteiger partial charge in [0.25, 0.3) is 0 Å². The summed E-state index contributed by atoms with van der Waals surface area (Å²) in [5.41, 5.74) is 0. The lowest BCUT2D eigenvalue weighted by Gasteiger charge is -1.89. The Kier molecular flexibility index (Phi) is 7.52. The second kappa shape index (κ2) is 7.74. The lowest BCUT2D eigenvalue weighted by atomic mass is 10.2. The second-order valence-electron chi connectivity index (χ2n) is 2.38. The molecule has 0 aromatic carbocycles. The minimum atomic E-state index is 1.19.